The first kappa shape index (κ1) is 15.3. The summed E-state index contributed by atoms with van der Waals surface area (Å²) in [6.45, 7) is 6.27. The summed E-state index contributed by atoms with van der Waals surface area (Å²) in [5.74, 6) is 0.913. The van der Waals surface area contributed by atoms with Gasteiger partial charge in [-0.2, -0.15) is 0 Å². The van der Waals surface area contributed by atoms with Crippen LogP contribution in [0.2, 0.25) is 0 Å². The van der Waals surface area contributed by atoms with Crippen molar-refractivity contribution in [2.45, 2.75) is 64.3 Å². The second-order valence-electron chi connectivity index (χ2n) is 6.11. The summed E-state index contributed by atoms with van der Waals surface area (Å²) in [5.41, 5.74) is -0.291. The Morgan fingerprint density at radius 3 is 2.56 bits per heavy atom. The van der Waals surface area contributed by atoms with Crippen molar-refractivity contribution in [3.63, 3.8) is 0 Å². The molecule has 0 bridgehead atoms. The van der Waals surface area contributed by atoms with Crippen LogP contribution in [-0.4, -0.2) is 29.8 Å². The van der Waals surface area contributed by atoms with Gasteiger partial charge < -0.3 is 15.7 Å². The van der Waals surface area contributed by atoms with Gasteiger partial charge in [0, 0.05) is 5.54 Å². The van der Waals surface area contributed by atoms with Crippen LogP contribution in [-0.2, 0) is 0 Å². The summed E-state index contributed by atoms with van der Waals surface area (Å²) in [4.78, 5) is 10.6. The van der Waals surface area contributed by atoms with E-state index in [1.807, 2.05) is 13.8 Å². The first-order chi connectivity index (χ1) is 8.49. The highest BCUT2D eigenvalue weighted by molar-refractivity contribution is 5.65. The normalized spacial score (nSPS) is 17.7. The molecule has 0 spiro atoms. The number of rotatable bonds is 7. The summed E-state index contributed by atoms with van der Waals surface area (Å²) >= 11 is 0. The Labute approximate surface area is 111 Å². The number of nitrogens with one attached hydrogen (secondary N) is 2. The number of amides is 1. The van der Waals surface area contributed by atoms with Crippen LogP contribution in [0, 0.1) is 5.92 Å². The molecule has 0 aliphatic carbocycles. The Morgan fingerprint density at radius 2 is 1.94 bits per heavy atom. The summed E-state index contributed by atoms with van der Waals surface area (Å²) in [7, 11) is 0. The number of hydrogen-bond donors (Lipinski definition) is 3. The Bertz CT molecular complexity index is 248. The van der Waals surface area contributed by atoms with Crippen LogP contribution in [0.3, 0.4) is 0 Å². The van der Waals surface area contributed by atoms with Crippen molar-refractivity contribution in [2.75, 3.05) is 13.1 Å². The molecule has 3 N–H and O–H groups in total. The van der Waals surface area contributed by atoms with E-state index in [0.29, 0.717) is 0 Å². The number of unbranched alkanes of at least 4 members (excludes halogenated alkanes) is 2. The molecule has 1 saturated heterocycles. The van der Waals surface area contributed by atoms with Crippen molar-refractivity contribution in [3.8, 4) is 0 Å². The molecule has 4 heteroatoms. The molecule has 1 rings (SSSR count). The highest BCUT2D eigenvalue weighted by Gasteiger charge is 2.19. The maximum Gasteiger partial charge on any atom is 0.405 e. The molecule has 106 valence electrons. The van der Waals surface area contributed by atoms with Crippen molar-refractivity contribution in [2.24, 2.45) is 5.92 Å². The Balaban J connectivity index is 2.02. The van der Waals surface area contributed by atoms with Gasteiger partial charge in [-0.05, 0) is 52.1 Å². The molecule has 1 fully saturated rings. The van der Waals surface area contributed by atoms with E-state index in [1.165, 1.54) is 45.2 Å². The molecule has 18 heavy (non-hydrogen) atoms. The van der Waals surface area contributed by atoms with Crippen LogP contribution in [0.4, 0.5) is 4.79 Å². The fourth-order valence-electron chi connectivity index (χ4n) is 2.70. The highest BCUT2D eigenvalue weighted by Crippen LogP contribution is 2.21. The van der Waals surface area contributed by atoms with Crippen molar-refractivity contribution in [1.82, 2.24) is 10.6 Å². The Kier molecular flexibility index (Phi) is 6.47. The predicted octanol–water partition coefficient (Wildman–Crippen LogP) is 2.98. The van der Waals surface area contributed by atoms with Crippen molar-refractivity contribution < 1.29 is 9.90 Å². The van der Waals surface area contributed by atoms with E-state index in [4.69, 9.17) is 5.11 Å². The van der Waals surface area contributed by atoms with Crippen LogP contribution in [0.5, 0.6) is 0 Å². The summed E-state index contributed by atoms with van der Waals surface area (Å²) in [5, 5.41) is 14.7. The minimum absolute atomic E-state index is 0.291. The molecule has 0 aromatic carbocycles. The number of hydrogen-bond acceptors (Lipinski definition) is 2. The van der Waals surface area contributed by atoms with Gasteiger partial charge in [-0.15, -0.1) is 0 Å². The van der Waals surface area contributed by atoms with Gasteiger partial charge in [-0.1, -0.05) is 25.7 Å². The molecule has 4 nitrogen and oxygen atoms in total. The molecule has 0 aromatic rings. The van der Waals surface area contributed by atoms with Gasteiger partial charge in [0.2, 0.25) is 0 Å². The highest BCUT2D eigenvalue weighted by atomic mass is 16.4. The standard InChI is InChI=1S/C14H28N2O2/c1-14(2,16-13(17)18)9-5-3-4-6-12-7-10-15-11-8-12/h12,15-16H,3-11H2,1-2H3,(H,17,18). The van der Waals surface area contributed by atoms with E-state index >= 15 is 0 Å². The van der Waals surface area contributed by atoms with Crippen LogP contribution in [0.25, 0.3) is 0 Å². The smallest absolute Gasteiger partial charge is 0.405 e. The maximum atomic E-state index is 10.6. The van der Waals surface area contributed by atoms with E-state index in [-0.39, 0.29) is 5.54 Å². The Morgan fingerprint density at radius 1 is 1.28 bits per heavy atom. The van der Waals surface area contributed by atoms with Gasteiger partial charge in [0.05, 0.1) is 0 Å². The number of carbonyl (C=O) groups is 1. The second-order valence-corrected chi connectivity index (χ2v) is 6.11. The van der Waals surface area contributed by atoms with Gasteiger partial charge in [0.15, 0.2) is 0 Å². The summed E-state index contributed by atoms with van der Waals surface area (Å²) in [6.07, 6.45) is 7.61. The maximum absolute atomic E-state index is 10.6. The van der Waals surface area contributed by atoms with Gasteiger partial charge in [0.25, 0.3) is 0 Å². The van der Waals surface area contributed by atoms with Crippen LogP contribution in [0.15, 0.2) is 0 Å². The molecule has 1 aliphatic rings. The molecule has 0 saturated carbocycles. The van der Waals surface area contributed by atoms with Gasteiger partial charge in [-0.3, -0.25) is 0 Å². The van der Waals surface area contributed by atoms with Gasteiger partial charge in [0.1, 0.15) is 0 Å². The molecule has 0 aromatic heterocycles. The molecule has 0 unspecified atom stereocenters. The average molecular weight is 256 g/mol. The summed E-state index contributed by atoms with van der Waals surface area (Å²) in [6, 6.07) is 0. The number of carboxylic acid groups (broad SMARTS) is 1. The largest absolute Gasteiger partial charge is 0.465 e. The van der Waals surface area contributed by atoms with Crippen LogP contribution >= 0.6 is 0 Å². The third-order valence-electron chi connectivity index (χ3n) is 3.82. The van der Waals surface area contributed by atoms with E-state index in [0.717, 1.165) is 18.8 Å². The van der Waals surface area contributed by atoms with E-state index < -0.39 is 6.09 Å². The average Bonchev–Trinajstić information content (AvgIpc) is 2.28. The lowest BCUT2D eigenvalue weighted by atomic mass is 9.91. The van der Waals surface area contributed by atoms with Crippen LogP contribution < -0.4 is 10.6 Å². The first-order valence-electron chi connectivity index (χ1n) is 7.21. The first-order valence-corrected chi connectivity index (χ1v) is 7.21. The minimum Gasteiger partial charge on any atom is -0.465 e. The summed E-state index contributed by atoms with van der Waals surface area (Å²) < 4.78 is 0. The SMILES string of the molecule is CC(C)(CCCCCC1CCNCC1)NC(=O)O. The zero-order valence-electron chi connectivity index (χ0n) is 11.8. The zero-order valence-corrected chi connectivity index (χ0v) is 11.8. The Hall–Kier alpha value is -0.770. The second kappa shape index (κ2) is 7.62. The number of piperidine rings is 1. The minimum atomic E-state index is -0.922. The zero-order chi connectivity index (χ0) is 13.4. The van der Waals surface area contributed by atoms with E-state index in [9.17, 15) is 4.79 Å². The molecule has 0 radical (unpaired) electrons. The topological polar surface area (TPSA) is 61.4 Å². The lowest BCUT2D eigenvalue weighted by Crippen LogP contribution is -2.42. The van der Waals surface area contributed by atoms with Gasteiger partial charge in [-0.25, -0.2) is 4.79 Å². The van der Waals surface area contributed by atoms with Crippen LogP contribution in [0.1, 0.15) is 58.8 Å². The fourth-order valence-corrected chi connectivity index (χ4v) is 2.70. The molecule has 0 atom stereocenters. The quantitative estimate of drug-likeness (QED) is 0.614. The van der Waals surface area contributed by atoms with Crippen molar-refractivity contribution >= 4 is 6.09 Å². The molecule has 1 aliphatic heterocycles. The molecule has 1 amide bonds. The predicted molar refractivity (Wildman–Crippen MR) is 73.9 cm³/mol. The molecular weight excluding hydrogens is 228 g/mol. The lowest BCUT2D eigenvalue weighted by molar-refractivity contribution is 0.180. The van der Waals surface area contributed by atoms with E-state index in [1.54, 1.807) is 0 Å². The van der Waals surface area contributed by atoms with Gasteiger partial charge >= 0.3 is 6.09 Å². The van der Waals surface area contributed by atoms with Crippen molar-refractivity contribution in [1.29, 1.82) is 0 Å². The van der Waals surface area contributed by atoms with Crippen molar-refractivity contribution in [3.05, 3.63) is 0 Å². The molecular formula is C14H28N2O2. The third kappa shape index (κ3) is 6.84. The third-order valence-corrected chi connectivity index (χ3v) is 3.82. The van der Waals surface area contributed by atoms with E-state index in [2.05, 4.69) is 10.6 Å². The fraction of sp³-hybridized carbons (Fsp3) is 0.929. The molecule has 1 heterocycles. The monoisotopic (exact) mass is 256 g/mol. The lowest BCUT2D eigenvalue weighted by Gasteiger charge is -2.25.